The molecule has 2 fully saturated rings. The lowest BCUT2D eigenvalue weighted by Crippen LogP contribution is -2.23. The van der Waals surface area contributed by atoms with Gasteiger partial charge in [0.05, 0.1) is 12.6 Å². The summed E-state index contributed by atoms with van der Waals surface area (Å²) in [7, 11) is 0. The number of likely N-dealkylation sites (tertiary alicyclic amines) is 1. The van der Waals surface area contributed by atoms with E-state index >= 15 is 0 Å². The van der Waals surface area contributed by atoms with Crippen LogP contribution < -0.4 is 0 Å². The number of hydrogen-bond acceptors (Lipinski definition) is 7. The van der Waals surface area contributed by atoms with Gasteiger partial charge in [-0.2, -0.15) is 9.97 Å². The van der Waals surface area contributed by atoms with Crippen LogP contribution in [0.5, 0.6) is 0 Å². The van der Waals surface area contributed by atoms with Gasteiger partial charge < -0.3 is 9.05 Å². The molecule has 0 unspecified atom stereocenters. The Hall–Kier alpha value is -1.76. The van der Waals surface area contributed by atoms with Crippen molar-refractivity contribution < 1.29 is 9.05 Å². The SMILES string of the molecule is CC(C)c1nc([C@@H]2CCCN2Cc2nc(C3CC3)no2)no1. The first kappa shape index (κ1) is 13.9. The maximum Gasteiger partial charge on any atom is 0.240 e. The summed E-state index contributed by atoms with van der Waals surface area (Å²) in [5.74, 6) is 3.83. The first-order valence-electron chi connectivity index (χ1n) is 8.10. The van der Waals surface area contributed by atoms with Crippen molar-refractivity contribution in [2.75, 3.05) is 6.54 Å². The monoisotopic (exact) mass is 303 g/mol. The van der Waals surface area contributed by atoms with Gasteiger partial charge in [0.15, 0.2) is 11.6 Å². The molecule has 1 aliphatic carbocycles. The number of hydrogen-bond donors (Lipinski definition) is 0. The zero-order chi connectivity index (χ0) is 15.1. The number of aromatic nitrogens is 4. The Morgan fingerprint density at radius 2 is 1.91 bits per heavy atom. The fourth-order valence-corrected chi connectivity index (χ4v) is 2.94. The molecular formula is C15H21N5O2. The largest absolute Gasteiger partial charge is 0.339 e. The Bertz CT molecular complexity index is 646. The van der Waals surface area contributed by atoms with E-state index in [0.717, 1.165) is 31.0 Å². The third kappa shape index (κ3) is 2.65. The molecule has 0 N–H and O–H groups in total. The summed E-state index contributed by atoms with van der Waals surface area (Å²) < 4.78 is 10.7. The first-order chi connectivity index (χ1) is 10.7. The fraction of sp³-hybridized carbons (Fsp3) is 0.733. The second kappa shape index (κ2) is 5.46. The van der Waals surface area contributed by atoms with Crippen LogP contribution in [0, 0.1) is 0 Å². The molecule has 1 saturated heterocycles. The molecule has 0 bridgehead atoms. The van der Waals surface area contributed by atoms with E-state index in [1.807, 2.05) is 0 Å². The summed E-state index contributed by atoms with van der Waals surface area (Å²) in [6, 6.07) is 0.188. The Labute approximate surface area is 129 Å². The van der Waals surface area contributed by atoms with Crippen LogP contribution in [0.1, 0.15) is 80.8 Å². The summed E-state index contributed by atoms with van der Waals surface area (Å²) in [6.07, 6.45) is 4.54. The summed E-state index contributed by atoms with van der Waals surface area (Å²) in [5.41, 5.74) is 0. The molecule has 1 aliphatic heterocycles. The molecular weight excluding hydrogens is 282 g/mol. The minimum Gasteiger partial charge on any atom is -0.339 e. The van der Waals surface area contributed by atoms with Crippen molar-refractivity contribution in [2.24, 2.45) is 0 Å². The van der Waals surface area contributed by atoms with E-state index in [2.05, 4.69) is 39.0 Å². The first-order valence-corrected chi connectivity index (χ1v) is 8.10. The predicted octanol–water partition coefficient (Wildman–Crippen LogP) is 2.79. The van der Waals surface area contributed by atoms with E-state index in [-0.39, 0.29) is 12.0 Å². The lowest BCUT2D eigenvalue weighted by atomic mass is 10.2. The van der Waals surface area contributed by atoms with Gasteiger partial charge in [-0.25, -0.2) is 0 Å². The second-order valence-electron chi connectivity index (χ2n) is 6.59. The molecule has 2 aromatic heterocycles. The summed E-state index contributed by atoms with van der Waals surface area (Å²) in [4.78, 5) is 11.4. The predicted molar refractivity (Wildman–Crippen MR) is 77.0 cm³/mol. The Kier molecular flexibility index (Phi) is 3.44. The van der Waals surface area contributed by atoms with Crippen LogP contribution in [-0.4, -0.2) is 31.7 Å². The Morgan fingerprint density at radius 3 is 2.64 bits per heavy atom. The highest BCUT2D eigenvalue weighted by atomic mass is 16.5. The molecule has 1 atom stereocenters. The highest BCUT2D eigenvalue weighted by Crippen LogP contribution is 2.38. The Balaban J connectivity index is 1.47. The van der Waals surface area contributed by atoms with Crippen LogP contribution in [0.15, 0.2) is 9.05 Å². The third-order valence-corrected chi connectivity index (χ3v) is 4.38. The van der Waals surface area contributed by atoms with Crippen LogP contribution in [0.4, 0.5) is 0 Å². The standard InChI is InChI=1S/C15H21N5O2/c1-9(2)15-17-14(19-22-15)11-4-3-7-20(11)8-12-16-13(18-21-12)10-5-6-10/h9-11H,3-8H2,1-2H3/t11-/m0/s1. The lowest BCUT2D eigenvalue weighted by Gasteiger charge is -2.19. The summed E-state index contributed by atoms with van der Waals surface area (Å²) in [5, 5.41) is 8.24. The average molecular weight is 303 g/mol. The lowest BCUT2D eigenvalue weighted by molar-refractivity contribution is 0.202. The van der Waals surface area contributed by atoms with Gasteiger partial charge in [-0.3, -0.25) is 4.90 Å². The van der Waals surface area contributed by atoms with Crippen LogP contribution in [0.2, 0.25) is 0 Å². The Morgan fingerprint density at radius 1 is 1.09 bits per heavy atom. The van der Waals surface area contributed by atoms with Gasteiger partial charge in [0.25, 0.3) is 0 Å². The zero-order valence-corrected chi connectivity index (χ0v) is 13.0. The molecule has 0 spiro atoms. The smallest absolute Gasteiger partial charge is 0.240 e. The van der Waals surface area contributed by atoms with E-state index in [9.17, 15) is 0 Å². The van der Waals surface area contributed by atoms with E-state index in [1.165, 1.54) is 12.8 Å². The molecule has 22 heavy (non-hydrogen) atoms. The molecule has 2 aliphatic rings. The van der Waals surface area contributed by atoms with Crippen molar-refractivity contribution in [1.29, 1.82) is 0 Å². The van der Waals surface area contributed by atoms with Crippen molar-refractivity contribution in [3.8, 4) is 0 Å². The van der Waals surface area contributed by atoms with Gasteiger partial charge in [-0.05, 0) is 32.2 Å². The van der Waals surface area contributed by atoms with Crippen molar-refractivity contribution >= 4 is 0 Å². The van der Waals surface area contributed by atoms with Crippen LogP contribution in [0.3, 0.4) is 0 Å². The molecule has 3 heterocycles. The maximum atomic E-state index is 5.39. The van der Waals surface area contributed by atoms with Crippen LogP contribution in [-0.2, 0) is 6.54 Å². The average Bonchev–Trinajstić information content (AvgIpc) is 2.95. The molecule has 1 saturated carbocycles. The molecule has 0 aromatic carbocycles. The highest BCUT2D eigenvalue weighted by molar-refractivity contribution is 5.04. The minimum absolute atomic E-state index is 0.188. The highest BCUT2D eigenvalue weighted by Gasteiger charge is 2.33. The van der Waals surface area contributed by atoms with Gasteiger partial charge in [0.1, 0.15) is 0 Å². The molecule has 4 rings (SSSR count). The number of nitrogens with zero attached hydrogens (tertiary/aromatic N) is 5. The zero-order valence-electron chi connectivity index (χ0n) is 13.0. The molecule has 7 nitrogen and oxygen atoms in total. The maximum absolute atomic E-state index is 5.39. The third-order valence-electron chi connectivity index (χ3n) is 4.38. The van der Waals surface area contributed by atoms with E-state index in [1.54, 1.807) is 0 Å². The van der Waals surface area contributed by atoms with E-state index < -0.39 is 0 Å². The molecule has 2 aromatic rings. The van der Waals surface area contributed by atoms with Crippen molar-refractivity contribution in [3.63, 3.8) is 0 Å². The molecule has 0 radical (unpaired) electrons. The minimum atomic E-state index is 0.188. The van der Waals surface area contributed by atoms with Crippen molar-refractivity contribution in [3.05, 3.63) is 23.4 Å². The second-order valence-corrected chi connectivity index (χ2v) is 6.59. The van der Waals surface area contributed by atoms with Gasteiger partial charge >= 0.3 is 0 Å². The fourth-order valence-electron chi connectivity index (χ4n) is 2.94. The topological polar surface area (TPSA) is 81.1 Å². The van der Waals surface area contributed by atoms with Crippen molar-refractivity contribution in [1.82, 2.24) is 25.2 Å². The van der Waals surface area contributed by atoms with E-state index in [4.69, 9.17) is 9.05 Å². The van der Waals surface area contributed by atoms with Crippen LogP contribution in [0.25, 0.3) is 0 Å². The number of rotatable bonds is 5. The van der Waals surface area contributed by atoms with E-state index in [0.29, 0.717) is 24.2 Å². The summed E-state index contributed by atoms with van der Waals surface area (Å²) >= 11 is 0. The summed E-state index contributed by atoms with van der Waals surface area (Å²) in [6.45, 7) is 5.77. The van der Waals surface area contributed by atoms with Crippen LogP contribution >= 0.6 is 0 Å². The van der Waals surface area contributed by atoms with Gasteiger partial charge in [-0.15, -0.1) is 0 Å². The normalized spacial score (nSPS) is 22.8. The quantitative estimate of drug-likeness (QED) is 0.840. The molecule has 0 amide bonds. The van der Waals surface area contributed by atoms with Gasteiger partial charge in [-0.1, -0.05) is 24.2 Å². The molecule has 7 heteroatoms. The van der Waals surface area contributed by atoms with Gasteiger partial charge in [0.2, 0.25) is 11.8 Å². The van der Waals surface area contributed by atoms with Crippen molar-refractivity contribution in [2.45, 2.75) is 64.0 Å². The molecule has 118 valence electrons. The van der Waals surface area contributed by atoms with Gasteiger partial charge in [0, 0.05) is 11.8 Å².